The quantitative estimate of drug-likeness (QED) is 0.816. The highest BCUT2D eigenvalue weighted by atomic mass is 35.5. The number of anilines is 2. The van der Waals surface area contributed by atoms with Crippen LogP contribution in [0.5, 0.6) is 0 Å². The number of pyridine rings is 2. The minimum Gasteiger partial charge on any atom is -0.399 e. The molecule has 0 saturated carbocycles. The molecule has 0 atom stereocenters. The third kappa shape index (κ3) is 3.60. The maximum atomic E-state index is 5.81. The number of nitrogens with zero attached hydrogens (tertiary/aromatic N) is 2. The Morgan fingerprint density at radius 2 is 2.00 bits per heavy atom. The predicted octanol–water partition coefficient (Wildman–Crippen LogP) is 2.37. The van der Waals surface area contributed by atoms with Gasteiger partial charge in [-0.05, 0) is 30.2 Å². The highest BCUT2D eigenvalue weighted by Gasteiger charge is 1.98. The van der Waals surface area contributed by atoms with Gasteiger partial charge < -0.3 is 11.1 Å². The van der Waals surface area contributed by atoms with Gasteiger partial charge in [-0.2, -0.15) is 0 Å². The first-order chi connectivity index (χ1) is 8.24. The number of nitrogens with two attached hydrogens (primary N) is 1. The van der Waals surface area contributed by atoms with Crippen molar-refractivity contribution in [2.75, 3.05) is 17.6 Å². The Hall–Kier alpha value is -1.81. The van der Waals surface area contributed by atoms with E-state index >= 15 is 0 Å². The van der Waals surface area contributed by atoms with Crippen molar-refractivity contribution in [3.8, 4) is 0 Å². The number of rotatable bonds is 4. The van der Waals surface area contributed by atoms with Crippen LogP contribution in [0.4, 0.5) is 11.5 Å². The lowest BCUT2D eigenvalue weighted by molar-refractivity contribution is 1.00. The lowest BCUT2D eigenvalue weighted by atomic mass is 10.2. The Balaban J connectivity index is 1.90. The molecule has 17 heavy (non-hydrogen) atoms. The van der Waals surface area contributed by atoms with Crippen molar-refractivity contribution in [3.63, 3.8) is 0 Å². The van der Waals surface area contributed by atoms with Crippen LogP contribution < -0.4 is 11.1 Å². The van der Waals surface area contributed by atoms with E-state index < -0.39 is 0 Å². The van der Waals surface area contributed by atoms with Gasteiger partial charge in [-0.1, -0.05) is 11.6 Å². The molecule has 0 radical (unpaired) electrons. The van der Waals surface area contributed by atoms with Crippen LogP contribution in [0.15, 0.2) is 36.7 Å². The Labute approximate surface area is 105 Å². The standard InChI is InChI=1S/C12H13ClN4/c13-11-7-10(14)8-12(17-11)16-6-3-9-1-4-15-5-2-9/h1-2,4-5,7-8H,3,6H2,(H3,14,16,17). The number of aromatic nitrogens is 2. The molecule has 88 valence electrons. The molecule has 2 aromatic rings. The van der Waals surface area contributed by atoms with Gasteiger partial charge in [0.05, 0.1) is 0 Å². The van der Waals surface area contributed by atoms with Crippen molar-refractivity contribution in [2.45, 2.75) is 6.42 Å². The van der Waals surface area contributed by atoms with Gasteiger partial charge in [-0.25, -0.2) is 4.98 Å². The van der Waals surface area contributed by atoms with Gasteiger partial charge in [-0.3, -0.25) is 4.98 Å². The fourth-order valence-corrected chi connectivity index (χ4v) is 1.71. The minimum atomic E-state index is 0.399. The van der Waals surface area contributed by atoms with Gasteiger partial charge in [0.1, 0.15) is 11.0 Å². The fraction of sp³-hybridized carbons (Fsp3) is 0.167. The topological polar surface area (TPSA) is 63.8 Å². The summed E-state index contributed by atoms with van der Waals surface area (Å²) < 4.78 is 0. The van der Waals surface area contributed by atoms with Gasteiger partial charge in [0.25, 0.3) is 0 Å². The van der Waals surface area contributed by atoms with Crippen LogP contribution in [-0.2, 0) is 6.42 Å². The molecule has 2 heterocycles. The summed E-state index contributed by atoms with van der Waals surface area (Å²) in [6, 6.07) is 7.36. The molecule has 4 nitrogen and oxygen atoms in total. The van der Waals surface area contributed by atoms with E-state index in [-0.39, 0.29) is 0 Å². The van der Waals surface area contributed by atoms with E-state index in [9.17, 15) is 0 Å². The van der Waals surface area contributed by atoms with E-state index in [0.29, 0.717) is 16.7 Å². The molecule has 0 aliphatic heterocycles. The monoisotopic (exact) mass is 248 g/mol. The van der Waals surface area contributed by atoms with E-state index in [1.165, 1.54) is 5.56 Å². The molecule has 0 amide bonds. The highest BCUT2D eigenvalue weighted by Crippen LogP contribution is 2.15. The molecular formula is C12H13ClN4. The third-order valence-corrected chi connectivity index (χ3v) is 2.48. The molecule has 2 aromatic heterocycles. The van der Waals surface area contributed by atoms with Gasteiger partial charge >= 0.3 is 0 Å². The normalized spacial score (nSPS) is 10.2. The maximum absolute atomic E-state index is 5.81. The summed E-state index contributed by atoms with van der Waals surface area (Å²) in [5, 5.41) is 3.58. The van der Waals surface area contributed by atoms with Crippen molar-refractivity contribution in [1.29, 1.82) is 0 Å². The maximum Gasteiger partial charge on any atom is 0.133 e. The average molecular weight is 249 g/mol. The molecule has 0 aliphatic carbocycles. The van der Waals surface area contributed by atoms with Crippen molar-refractivity contribution in [1.82, 2.24) is 9.97 Å². The average Bonchev–Trinajstić information content (AvgIpc) is 2.29. The van der Waals surface area contributed by atoms with E-state index in [1.54, 1.807) is 24.5 Å². The molecule has 0 aliphatic rings. The number of nitrogens with one attached hydrogen (secondary N) is 1. The second kappa shape index (κ2) is 5.50. The molecule has 5 heteroatoms. The lowest BCUT2D eigenvalue weighted by Gasteiger charge is -2.06. The van der Waals surface area contributed by atoms with Crippen LogP contribution in [0.1, 0.15) is 5.56 Å². The van der Waals surface area contributed by atoms with Crippen LogP contribution in [0.2, 0.25) is 5.15 Å². The van der Waals surface area contributed by atoms with Gasteiger partial charge in [0, 0.05) is 30.7 Å². The molecule has 2 rings (SSSR count). The summed E-state index contributed by atoms with van der Waals surface area (Å²) in [5.74, 6) is 0.698. The third-order valence-electron chi connectivity index (χ3n) is 2.29. The van der Waals surface area contributed by atoms with Crippen LogP contribution in [-0.4, -0.2) is 16.5 Å². The molecule has 0 bridgehead atoms. The van der Waals surface area contributed by atoms with Crippen molar-refractivity contribution < 1.29 is 0 Å². The largest absolute Gasteiger partial charge is 0.399 e. The van der Waals surface area contributed by atoms with Gasteiger partial charge in [0.2, 0.25) is 0 Å². The smallest absolute Gasteiger partial charge is 0.133 e. The molecule has 3 N–H and O–H groups in total. The van der Waals surface area contributed by atoms with E-state index in [2.05, 4.69) is 15.3 Å². The molecular weight excluding hydrogens is 236 g/mol. The van der Waals surface area contributed by atoms with Crippen LogP contribution >= 0.6 is 11.6 Å². The molecule has 0 fully saturated rings. The van der Waals surface area contributed by atoms with Crippen molar-refractivity contribution in [2.24, 2.45) is 0 Å². The van der Waals surface area contributed by atoms with Gasteiger partial charge in [0.15, 0.2) is 0 Å². The zero-order valence-corrected chi connectivity index (χ0v) is 9.98. The Kier molecular flexibility index (Phi) is 3.77. The molecule has 0 saturated heterocycles. The molecule has 0 aromatic carbocycles. The number of halogens is 1. The zero-order chi connectivity index (χ0) is 12.1. The number of hydrogen-bond donors (Lipinski definition) is 2. The Morgan fingerprint density at radius 1 is 1.24 bits per heavy atom. The number of hydrogen-bond acceptors (Lipinski definition) is 4. The SMILES string of the molecule is Nc1cc(Cl)nc(NCCc2ccncc2)c1. The zero-order valence-electron chi connectivity index (χ0n) is 9.23. The van der Waals surface area contributed by atoms with E-state index in [0.717, 1.165) is 13.0 Å². The van der Waals surface area contributed by atoms with E-state index in [1.807, 2.05) is 12.1 Å². The van der Waals surface area contributed by atoms with E-state index in [4.69, 9.17) is 17.3 Å². The Bertz CT molecular complexity index is 467. The van der Waals surface area contributed by atoms with Crippen LogP contribution in [0.25, 0.3) is 0 Å². The summed E-state index contributed by atoms with van der Waals surface area (Å²) in [7, 11) is 0. The second-order valence-electron chi connectivity index (χ2n) is 3.64. The summed E-state index contributed by atoms with van der Waals surface area (Å²) >= 11 is 5.81. The van der Waals surface area contributed by atoms with Crippen molar-refractivity contribution in [3.05, 3.63) is 47.4 Å². The Morgan fingerprint density at radius 3 is 2.71 bits per heavy atom. The summed E-state index contributed by atoms with van der Waals surface area (Å²) in [6.07, 6.45) is 4.46. The van der Waals surface area contributed by atoms with Crippen LogP contribution in [0, 0.1) is 0 Å². The predicted molar refractivity (Wildman–Crippen MR) is 70.1 cm³/mol. The number of nitrogen functional groups attached to an aromatic ring is 1. The first-order valence-electron chi connectivity index (χ1n) is 5.30. The lowest BCUT2D eigenvalue weighted by Crippen LogP contribution is -2.06. The van der Waals surface area contributed by atoms with Crippen LogP contribution in [0.3, 0.4) is 0 Å². The fourth-order valence-electron chi connectivity index (χ4n) is 1.49. The first-order valence-corrected chi connectivity index (χ1v) is 5.68. The van der Waals surface area contributed by atoms with Crippen molar-refractivity contribution >= 4 is 23.1 Å². The minimum absolute atomic E-state index is 0.399. The summed E-state index contributed by atoms with van der Waals surface area (Å²) in [6.45, 7) is 0.775. The summed E-state index contributed by atoms with van der Waals surface area (Å²) in [5.41, 5.74) is 7.50. The summed E-state index contributed by atoms with van der Waals surface area (Å²) in [4.78, 5) is 8.10. The molecule has 0 unspecified atom stereocenters. The second-order valence-corrected chi connectivity index (χ2v) is 4.03. The molecule has 0 spiro atoms. The highest BCUT2D eigenvalue weighted by molar-refractivity contribution is 6.29. The first kappa shape index (κ1) is 11.7. The van der Waals surface area contributed by atoms with Gasteiger partial charge in [-0.15, -0.1) is 0 Å².